The fourth-order valence-corrected chi connectivity index (χ4v) is 3.23. The van der Waals surface area contributed by atoms with Crippen LogP contribution in [0, 0.1) is 0 Å². The lowest BCUT2D eigenvalue weighted by Crippen LogP contribution is -2.25. The van der Waals surface area contributed by atoms with Gasteiger partial charge in [-0.25, -0.2) is 5.43 Å². The van der Waals surface area contributed by atoms with Gasteiger partial charge in [-0.05, 0) is 23.8 Å². The van der Waals surface area contributed by atoms with E-state index in [2.05, 4.69) is 25.7 Å². The van der Waals surface area contributed by atoms with Crippen LogP contribution in [0.4, 0.5) is 0 Å². The number of hydrazone groups is 1. The number of hydrogen-bond donors (Lipinski definition) is 1. The first-order chi connectivity index (χ1) is 17.2. The normalized spacial score (nSPS) is 10.7. The summed E-state index contributed by atoms with van der Waals surface area (Å²) in [6, 6.07) is 24.5. The maximum atomic E-state index is 12.2. The third-order valence-electron chi connectivity index (χ3n) is 4.90. The van der Waals surface area contributed by atoms with Crippen molar-refractivity contribution in [2.24, 2.45) is 5.10 Å². The first-order valence-electron chi connectivity index (χ1n) is 10.7. The number of ether oxygens (including phenoxy) is 3. The van der Waals surface area contributed by atoms with Gasteiger partial charge in [0.1, 0.15) is 11.4 Å². The van der Waals surface area contributed by atoms with Gasteiger partial charge >= 0.3 is 6.01 Å². The highest BCUT2D eigenvalue weighted by Crippen LogP contribution is 2.29. The fraction of sp³-hybridized carbons (Fsp3) is 0.115. The van der Waals surface area contributed by atoms with Gasteiger partial charge in [0.25, 0.3) is 5.91 Å². The van der Waals surface area contributed by atoms with E-state index < -0.39 is 5.91 Å². The minimum absolute atomic E-state index is 0.0115. The SMILES string of the molecule is COc1ccc(/C=N/NC(=O)COc2nnc(-c3ccccc3)c(-c3ccccc3)n2)cc1OC. The number of carbonyl (C=O) groups is 1. The summed E-state index contributed by atoms with van der Waals surface area (Å²) in [5, 5.41) is 12.3. The molecule has 9 nitrogen and oxygen atoms in total. The van der Waals surface area contributed by atoms with E-state index in [0.717, 1.165) is 16.7 Å². The van der Waals surface area contributed by atoms with Crippen molar-refractivity contribution in [3.8, 4) is 40.0 Å². The molecule has 1 aromatic heterocycles. The molecule has 9 heteroatoms. The molecule has 4 aromatic rings. The molecule has 176 valence electrons. The van der Waals surface area contributed by atoms with Crippen LogP contribution in [-0.4, -0.2) is 48.1 Å². The van der Waals surface area contributed by atoms with Crippen molar-refractivity contribution in [2.75, 3.05) is 20.8 Å². The summed E-state index contributed by atoms with van der Waals surface area (Å²) in [4.78, 5) is 16.7. The molecule has 0 unspecified atom stereocenters. The predicted molar refractivity (Wildman–Crippen MR) is 131 cm³/mol. The summed E-state index contributed by atoms with van der Waals surface area (Å²) < 4.78 is 15.9. The third-order valence-corrected chi connectivity index (χ3v) is 4.90. The van der Waals surface area contributed by atoms with E-state index in [1.54, 1.807) is 32.4 Å². The summed E-state index contributed by atoms with van der Waals surface area (Å²) in [6.45, 7) is -0.329. The Kier molecular flexibility index (Phi) is 7.59. The molecular formula is C26H23N5O4. The number of benzene rings is 3. The lowest BCUT2D eigenvalue weighted by atomic mass is 10.0. The second-order valence-electron chi connectivity index (χ2n) is 7.22. The van der Waals surface area contributed by atoms with Gasteiger partial charge < -0.3 is 14.2 Å². The minimum atomic E-state index is -0.473. The molecule has 0 saturated heterocycles. The third kappa shape index (κ3) is 5.97. The lowest BCUT2D eigenvalue weighted by Gasteiger charge is -2.10. The zero-order valence-electron chi connectivity index (χ0n) is 19.2. The summed E-state index contributed by atoms with van der Waals surface area (Å²) in [5.74, 6) is 0.687. The van der Waals surface area contributed by atoms with E-state index >= 15 is 0 Å². The molecule has 0 atom stereocenters. The van der Waals surface area contributed by atoms with Gasteiger partial charge in [-0.1, -0.05) is 65.8 Å². The van der Waals surface area contributed by atoms with Gasteiger partial charge in [-0.15, -0.1) is 5.10 Å². The summed E-state index contributed by atoms with van der Waals surface area (Å²) in [6.07, 6.45) is 1.49. The standard InChI is InChI=1S/C26H23N5O4/c1-33-21-14-13-18(15-22(21)34-2)16-27-29-23(32)17-35-26-28-24(19-9-5-3-6-10-19)25(30-31-26)20-11-7-4-8-12-20/h3-16H,17H2,1-2H3,(H,29,32)/b27-16+. The monoisotopic (exact) mass is 469 g/mol. The first-order valence-corrected chi connectivity index (χ1v) is 10.7. The molecule has 1 N–H and O–H groups in total. The molecule has 0 bridgehead atoms. The van der Waals surface area contributed by atoms with E-state index in [4.69, 9.17) is 14.2 Å². The van der Waals surface area contributed by atoms with E-state index in [-0.39, 0.29) is 12.6 Å². The van der Waals surface area contributed by atoms with Crippen LogP contribution in [0.15, 0.2) is 84.0 Å². The van der Waals surface area contributed by atoms with Gasteiger partial charge in [-0.3, -0.25) is 4.79 Å². The van der Waals surface area contributed by atoms with Crippen molar-refractivity contribution in [3.05, 3.63) is 84.4 Å². The number of aromatic nitrogens is 3. The van der Waals surface area contributed by atoms with E-state index in [0.29, 0.717) is 22.9 Å². The van der Waals surface area contributed by atoms with Crippen molar-refractivity contribution in [2.45, 2.75) is 0 Å². The molecule has 4 rings (SSSR count). The van der Waals surface area contributed by atoms with Crippen LogP contribution < -0.4 is 19.6 Å². The summed E-state index contributed by atoms with van der Waals surface area (Å²) in [7, 11) is 3.10. The molecule has 0 aliphatic rings. The molecule has 0 aliphatic heterocycles. The van der Waals surface area contributed by atoms with E-state index in [9.17, 15) is 4.79 Å². The minimum Gasteiger partial charge on any atom is -0.493 e. The van der Waals surface area contributed by atoms with Gasteiger partial charge in [0.2, 0.25) is 0 Å². The molecule has 0 radical (unpaired) electrons. The van der Waals surface area contributed by atoms with Crippen molar-refractivity contribution < 1.29 is 19.0 Å². The Morgan fingerprint density at radius 2 is 1.51 bits per heavy atom. The Bertz CT molecular complexity index is 1310. The second kappa shape index (κ2) is 11.4. The highest BCUT2D eigenvalue weighted by molar-refractivity contribution is 5.83. The largest absolute Gasteiger partial charge is 0.493 e. The average Bonchev–Trinajstić information content (AvgIpc) is 2.92. The quantitative estimate of drug-likeness (QED) is 0.294. The number of hydrogen-bond acceptors (Lipinski definition) is 8. The first kappa shape index (κ1) is 23.4. The van der Waals surface area contributed by atoms with Crippen LogP contribution in [-0.2, 0) is 4.79 Å². The predicted octanol–water partition coefficient (Wildman–Crippen LogP) is 3.75. The van der Waals surface area contributed by atoms with Crippen LogP contribution in [0.5, 0.6) is 17.5 Å². The Balaban J connectivity index is 1.43. The highest BCUT2D eigenvalue weighted by Gasteiger charge is 2.14. The zero-order valence-corrected chi connectivity index (χ0v) is 19.2. The molecule has 0 fully saturated rings. The molecule has 1 amide bonds. The molecule has 3 aromatic carbocycles. The topological polar surface area (TPSA) is 108 Å². The molecule has 35 heavy (non-hydrogen) atoms. The number of carbonyl (C=O) groups excluding carboxylic acids is 1. The number of rotatable bonds is 9. The molecule has 0 aliphatic carbocycles. The van der Waals surface area contributed by atoms with Crippen LogP contribution in [0.3, 0.4) is 0 Å². The zero-order chi connectivity index (χ0) is 24.5. The van der Waals surface area contributed by atoms with Crippen molar-refractivity contribution in [1.29, 1.82) is 0 Å². The lowest BCUT2D eigenvalue weighted by molar-refractivity contribution is -0.123. The maximum absolute atomic E-state index is 12.2. The Labute approximate surface area is 202 Å². The second-order valence-corrected chi connectivity index (χ2v) is 7.22. The maximum Gasteiger partial charge on any atom is 0.336 e. The van der Waals surface area contributed by atoms with Gasteiger partial charge in [0.05, 0.1) is 20.4 Å². The van der Waals surface area contributed by atoms with E-state index in [1.807, 2.05) is 60.7 Å². The van der Waals surface area contributed by atoms with Crippen molar-refractivity contribution in [3.63, 3.8) is 0 Å². The Hall–Kier alpha value is -4.79. The van der Waals surface area contributed by atoms with Crippen molar-refractivity contribution in [1.82, 2.24) is 20.6 Å². The number of nitrogens with one attached hydrogen (secondary N) is 1. The average molecular weight is 470 g/mol. The van der Waals surface area contributed by atoms with Crippen molar-refractivity contribution >= 4 is 12.1 Å². The molecular weight excluding hydrogens is 446 g/mol. The Morgan fingerprint density at radius 1 is 0.857 bits per heavy atom. The number of nitrogens with zero attached hydrogens (tertiary/aromatic N) is 4. The number of amides is 1. The van der Waals surface area contributed by atoms with Crippen LogP contribution >= 0.6 is 0 Å². The Morgan fingerprint density at radius 3 is 2.17 bits per heavy atom. The molecule has 0 spiro atoms. The summed E-state index contributed by atoms with van der Waals surface area (Å²) in [5.41, 5.74) is 6.09. The van der Waals surface area contributed by atoms with E-state index in [1.165, 1.54) is 6.21 Å². The molecule has 1 heterocycles. The van der Waals surface area contributed by atoms with Gasteiger partial charge in [-0.2, -0.15) is 10.1 Å². The highest BCUT2D eigenvalue weighted by atomic mass is 16.5. The van der Waals surface area contributed by atoms with Gasteiger partial charge in [0.15, 0.2) is 18.1 Å². The van der Waals surface area contributed by atoms with Gasteiger partial charge in [0, 0.05) is 11.1 Å². The van der Waals surface area contributed by atoms with Crippen LogP contribution in [0.2, 0.25) is 0 Å². The summed E-state index contributed by atoms with van der Waals surface area (Å²) >= 11 is 0. The fourth-order valence-electron chi connectivity index (χ4n) is 3.23. The smallest absolute Gasteiger partial charge is 0.336 e. The van der Waals surface area contributed by atoms with Crippen LogP contribution in [0.25, 0.3) is 22.5 Å². The van der Waals surface area contributed by atoms with Crippen LogP contribution in [0.1, 0.15) is 5.56 Å². The molecule has 0 saturated carbocycles. The number of methoxy groups -OCH3 is 2.